The molecule has 0 aliphatic carbocycles. The average Bonchev–Trinajstić information content (AvgIpc) is 3.61. The van der Waals surface area contributed by atoms with Gasteiger partial charge in [-0.05, 0) is 24.3 Å². The van der Waals surface area contributed by atoms with Crippen molar-refractivity contribution in [1.29, 1.82) is 0 Å². The Morgan fingerprint density at radius 2 is 1.32 bits per heavy atom. The maximum Gasteiger partial charge on any atom is 0.269 e. The predicted octanol–water partition coefficient (Wildman–Crippen LogP) is 9.05. The summed E-state index contributed by atoms with van der Waals surface area (Å²) in [5.41, 5.74) is 2.10. The van der Waals surface area contributed by atoms with Crippen LogP contribution in [0.1, 0.15) is 19.3 Å². The Morgan fingerprint density at radius 1 is 0.730 bits per heavy atom. The zero-order valence-corrected chi connectivity index (χ0v) is 22.7. The van der Waals surface area contributed by atoms with E-state index in [0.717, 1.165) is 25.7 Å². The number of nitrogens with zero attached hydrogens (tertiary/aromatic N) is 1. The van der Waals surface area contributed by atoms with Crippen LogP contribution in [0.3, 0.4) is 0 Å². The zero-order valence-electron chi connectivity index (χ0n) is 18.7. The average molecular weight is 581 g/mol. The van der Waals surface area contributed by atoms with E-state index in [1.54, 1.807) is 6.07 Å². The first-order valence-electron chi connectivity index (χ1n) is 11.0. The van der Waals surface area contributed by atoms with Crippen LogP contribution >= 0.6 is 57.2 Å². The zero-order chi connectivity index (χ0) is 25.5. The smallest absolute Gasteiger partial charge is 0.269 e. The molecule has 182 valence electrons. The highest BCUT2D eigenvalue weighted by Crippen LogP contribution is 2.37. The van der Waals surface area contributed by atoms with E-state index < -0.39 is 0 Å². The van der Waals surface area contributed by atoms with Crippen LogP contribution in [0.2, 0.25) is 10.0 Å². The molecule has 0 spiro atoms. The summed E-state index contributed by atoms with van der Waals surface area (Å²) in [4.78, 5) is 31.3. The third kappa shape index (κ3) is 4.63. The van der Waals surface area contributed by atoms with Crippen molar-refractivity contribution in [3.8, 4) is 11.3 Å². The van der Waals surface area contributed by atoms with Crippen molar-refractivity contribution < 1.29 is 9.59 Å². The van der Waals surface area contributed by atoms with Crippen LogP contribution in [0.25, 0.3) is 31.4 Å². The summed E-state index contributed by atoms with van der Waals surface area (Å²) in [5.74, 6) is -0.567. The molecule has 0 unspecified atom stereocenters. The molecule has 3 heterocycles. The molecule has 0 fully saturated rings. The van der Waals surface area contributed by atoms with Crippen LogP contribution in [0.4, 0.5) is 10.8 Å². The number of thiazole rings is 1. The van der Waals surface area contributed by atoms with Crippen LogP contribution in [-0.2, 0) is 0 Å². The molecule has 3 aromatic carbocycles. The van der Waals surface area contributed by atoms with Gasteiger partial charge in [0, 0.05) is 36.8 Å². The first-order chi connectivity index (χ1) is 18.0. The van der Waals surface area contributed by atoms with Crippen molar-refractivity contribution in [2.45, 2.75) is 0 Å². The molecule has 37 heavy (non-hydrogen) atoms. The van der Waals surface area contributed by atoms with Gasteiger partial charge in [0.1, 0.15) is 9.75 Å². The third-order valence-electron chi connectivity index (χ3n) is 5.62. The maximum atomic E-state index is 12.9. The minimum atomic E-state index is -0.298. The molecule has 5 nitrogen and oxygen atoms in total. The summed E-state index contributed by atoms with van der Waals surface area (Å²) in [6.07, 6.45) is 0. The Balaban J connectivity index is 1.19. The van der Waals surface area contributed by atoms with Gasteiger partial charge in [-0.1, -0.05) is 71.7 Å². The summed E-state index contributed by atoms with van der Waals surface area (Å²) in [6.45, 7) is 0. The van der Waals surface area contributed by atoms with E-state index in [1.807, 2.05) is 72.1 Å². The minimum Gasteiger partial charge on any atom is -0.321 e. The fourth-order valence-corrected chi connectivity index (χ4v) is 7.42. The highest BCUT2D eigenvalue weighted by molar-refractivity contribution is 7.22. The van der Waals surface area contributed by atoms with Gasteiger partial charge in [-0.3, -0.25) is 14.9 Å². The number of aromatic nitrogens is 1. The van der Waals surface area contributed by atoms with Crippen LogP contribution in [0.15, 0.2) is 78.2 Å². The van der Waals surface area contributed by atoms with Crippen molar-refractivity contribution in [2.75, 3.05) is 10.6 Å². The number of hydrogen-bond acceptors (Lipinski definition) is 6. The molecular weight excluding hydrogens is 565 g/mol. The first-order valence-corrected chi connectivity index (χ1v) is 14.3. The molecule has 0 aliphatic heterocycles. The monoisotopic (exact) mass is 579 g/mol. The maximum absolute atomic E-state index is 12.9. The Kier molecular flexibility index (Phi) is 6.44. The molecule has 6 rings (SSSR count). The molecule has 0 atom stereocenters. The molecule has 0 bridgehead atoms. The summed E-state index contributed by atoms with van der Waals surface area (Å²) < 4.78 is 1.91. The molecule has 2 N–H and O–H groups in total. The fraction of sp³-hybridized carbons (Fsp3) is 0. The van der Waals surface area contributed by atoms with Crippen molar-refractivity contribution in [3.05, 3.63) is 98.0 Å². The second-order valence-electron chi connectivity index (χ2n) is 8.01. The summed E-state index contributed by atoms with van der Waals surface area (Å²) in [5, 5.41) is 10.7. The van der Waals surface area contributed by atoms with Gasteiger partial charge >= 0.3 is 0 Å². The molecule has 2 amide bonds. The van der Waals surface area contributed by atoms with Crippen LogP contribution in [0.5, 0.6) is 0 Å². The molecular formula is C27H15Cl2N3O2S3. The van der Waals surface area contributed by atoms with E-state index in [4.69, 9.17) is 23.2 Å². The van der Waals surface area contributed by atoms with E-state index in [2.05, 4.69) is 15.6 Å². The lowest BCUT2D eigenvalue weighted by Gasteiger charge is -2.06. The number of thiophene rings is 2. The SMILES string of the molecule is O=C(Nc1cccc(-c2csc(NC(=O)c3sc4ccccc4c3Cl)n2)c1)c1sc2ccccc2c1Cl. The highest BCUT2D eigenvalue weighted by Gasteiger charge is 2.19. The minimum absolute atomic E-state index is 0.269. The highest BCUT2D eigenvalue weighted by atomic mass is 35.5. The topological polar surface area (TPSA) is 71.1 Å². The fourth-order valence-electron chi connectivity index (χ4n) is 3.88. The Bertz CT molecular complexity index is 1820. The summed E-state index contributed by atoms with van der Waals surface area (Å²) in [6, 6.07) is 22.7. The Hall–Kier alpha value is -3.27. The molecule has 0 saturated carbocycles. The van der Waals surface area contributed by atoms with Crippen molar-refractivity contribution in [1.82, 2.24) is 4.98 Å². The van der Waals surface area contributed by atoms with E-state index in [-0.39, 0.29) is 11.8 Å². The van der Waals surface area contributed by atoms with Crippen LogP contribution in [0, 0.1) is 0 Å². The lowest BCUT2D eigenvalue weighted by Crippen LogP contribution is -2.10. The first kappa shape index (κ1) is 24.1. The number of nitrogens with one attached hydrogen (secondary N) is 2. The Labute approximate surface area is 233 Å². The Morgan fingerprint density at radius 3 is 1.95 bits per heavy atom. The van der Waals surface area contributed by atoms with Crippen LogP contribution in [-0.4, -0.2) is 16.8 Å². The lowest BCUT2D eigenvalue weighted by molar-refractivity contribution is 0.102. The number of carbonyl (C=O) groups is 2. The normalized spacial score (nSPS) is 11.2. The summed E-state index contributed by atoms with van der Waals surface area (Å²) in [7, 11) is 0. The van der Waals surface area contributed by atoms with Crippen LogP contribution < -0.4 is 10.6 Å². The molecule has 3 aromatic heterocycles. The number of rotatable bonds is 5. The van der Waals surface area contributed by atoms with Gasteiger partial charge in [-0.25, -0.2) is 4.98 Å². The second-order valence-corrected chi connectivity index (χ2v) is 11.7. The third-order valence-corrected chi connectivity index (χ3v) is 9.73. The van der Waals surface area contributed by atoms with Gasteiger partial charge in [0.15, 0.2) is 5.13 Å². The largest absolute Gasteiger partial charge is 0.321 e. The molecule has 10 heteroatoms. The van der Waals surface area contributed by atoms with Gasteiger partial charge < -0.3 is 5.32 Å². The number of anilines is 2. The number of hydrogen-bond donors (Lipinski definition) is 2. The summed E-state index contributed by atoms with van der Waals surface area (Å²) >= 11 is 16.9. The standard InChI is InChI=1S/C27H15Cl2N3O2S3/c28-21-16-8-1-3-10-19(16)36-23(21)25(33)30-15-7-5-6-14(12-15)18-13-35-27(31-18)32-26(34)24-22(29)17-9-2-4-11-20(17)37-24/h1-13H,(H,30,33)(H,31,32,34). The number of benzene rings is 3. The molecule has 6 aromatic rings. The van der Waals surface area contributed by atoms with Gasteiger partial charge in [-0.15, -0.1) is 34.0 Å². The molecule has 0 saturated heterocycles. The van der Waals surface area contributed by atoms with Gasteiger partial charge in [-0.2, -0.15) is 0 Å². The van der Waals surface area contributed by atoms with E-state index in [9.17, 15) is 9.59 Å². The quantitative estimate of drug-likeness (QED) is 0.214. The number of amides is 2. The predicted molar refractivity (Wildman–Crippen MR) is 157 cm³/mol. The van der Waals surface area contributed by atoms with E-state index >= 15 is 0 Å². The van der Waals surface area contributed by atoms with E-state index in [1.165, 1.54) is 34.0 Å². The number of fused-ring (bicyclic) bond motifs is 2. The van der Waals surface area contributed by atoms with Gasteiger partial charge in [0.05, 0.1) is 15.7 Å². The lowest BCUT2D eigenvalue weighted by atomic mass is 10.1. The number of carbonyl (C=O) groups excluding carboxylic acids is 2. The van der Waals surface area contributed by atoms with Gasteiger partial charge in [0.2, 0.25) is 0 Å². The van der Waals surface area contributed by atoms with Crippen molar-refractivity contribution in [2.24, 2.45) is 0 Å². The van der Waals surface area contributed by atoms with Crippen molar-refractivity contribution >= 4 is 100 Å². The van der Waals surface area contributed by atoms with Gasteiger partial charge in [0.25, 0.3) is 11.8 Å². The molecule has 0 radical (unpaired) electrons. The van der Waals surface area contributed by atoms with Crippen molar-refractivity contribution in [3.63, 3.8) is 0 Å². The second kappa shape index (κ2) is 9.89. The molecule has 0 aliphatic rings. The van der Waals surface area contributed by atoms with E-state index in [0.29, 0.717) is 36.3 Å². The number of halogens is 2.